The van der Waals surface area contributed by atoms with Crippen molar-refractivity contribution in [3.05, 3.63) is 41.0 Å². The molecule has 2 heterocycles. The summed E-state index contributed by atoms with van der Waals surface area (Å²) in [5.74, 6) is -0.101. The first-order valence-electron chi connectivity index (χ1n) is 6.90. The van der Waals surface area contributed by atoms with Gasteiger partial charge in [-0.25, -0.2) is 0 Å². The maximum Gasteiger partial charge on any atom is 0.269 e. The highest BCUT2D eigenvalue weighted by molar-refractivity contribution is 6.30. The lowest BCUT2D eigenvalue weighted by Gasteiger charge is -2.24. The summed E-state index contributed by atoms with van der Waals surface area (Å²) in [6, 6.07) is 9.24. The molecule has 5 nitrogen and oxygen atoms in total. The molecule has 6 heteroatoms. The number of halogens is 1. The van der Waals surface area contributed by atoms with Gasteiger partial charge in [0.25, 0.3) is 5.91 Å². The molecule has 0 fully saturated rings. The Hall–Kier alpha value is -1.85. The van der Waals surface area contributed by atoms with Crippen LogP contribution in [0.15, 0.2) is 30.3 Å². The van der Waals surface area contributed by atoms with Gasteiger partial charge in [0.2, 0.25) is 0 Å². The van der Waals surface area contributed by atoms with Gasteiger partial charge in [0.15, 0.2) is 0 Å². The predicted octanol–water partition coefficient (Wildman–Crippen LogP) is 2.52. The third-order valence-electron chi connectivity index (χ3n) is 3.47. The van der Waals surface area contributed by atoms with Crippen molar-refractivity contribution in [1.29, 1.82) is 0 Å². The molecule has 0 saturated carbocycles. The van der Waals surface area contributed by atoms with Crippen LogP contribution in [0.1, 0.15) is 23.5 Å². The molecule has 1 aromatic carbocycles. The van der Waals surface area contributed by atoms with E-state index in [1.54, 1.807) is 10.7 Å². The molecule has 1 aliphatic rings. The van der Waals surface area contributed by atoms with Gasteiger partial charge in [0, 0.05) is 23.7 Å². The molecule has 110 valence electrons. The highest BCUT2D eigenvalue weighted by Crippen LogP contribution is 2.24. The van der Waals surface area contributed by atoms with E-state index in [4.69, 9.17) is 16.3 Å². The molecule has 0 bridgehead atoms. The number of amides is 1. The Kier molecular flexibility index (Phi) is 3.94. The van der Waals surface area contributed by atoms with Crippen LogP contribution in [0, 0.1) is 0 Å². The third kappa shape index (κ3) is 2.80. The number of hydrogen-bond acceptors (Lipinski definition) is 3. The molecule has 1 aromatic heterocycles. The molecule has 3 rings (SSSR count). The van der Waals surface area contributed by atoms with Gasteiger partial charge in [-0.1, -0.05) is 23.7 Å². The second kappa shape index (κ2) is 5.87. The van der Waals surface area contributed by atoms with Gasteiger partial charge in [-0.05, 0) is 25.1 Å². The van der Waals surface area contributed by atoms with Crippen LogP contribution in [-0.2, 0) is 4.74 Å². The van der Waals surface area contributed by atoms with E-state index in [1.807, 2.05) is 31.2 Å². The fourth-order valence-corrected chi connectivity index (χ4v) is 2.50. The monoisotopic (exact) mass is 305 g/mol. The minimum absolute atomic E-state index is 0.0266. The molecule has 2 aromatic rings. The Morgan fingerprint density at radius 2 is 2.19 bits per heavy atom. The van der Waals surface area contributed by atoms with Crippen LogP contribution < -0.4 is 5.32 Å². The topological polar surface area (TPSA) is 56.1 Å². The maximum atomic E-state index is 12.0. The summed E-state index contributed by atoms with van der Waals surface area (Å²) in [5.41, 5.74) is 2.26. The number of carbonyl (C=O) groups excluding carboxylic acids is 1. The minimum Gasteiger partial charge on any atom is -0.379 e. The molecule has 1 N–H and O–H groups in total. The molecule has 1 unspecified atom stereocenters. The van der Waals surface area contributed by atoms with Crippen molar-refractivity contribution in [2.75, 3.05) is 19.8 Å². The first-order chi connectivity index (χ1) is 10.2. The lowest BCUT2D eigenvalue weighted by atomic mass is 10.1. The third-order valence-corrected chi connectivity index (χ3v) is 3.72. The maximum absolute atomic E-state index is 12.0. The van der Waals surface area contributed by atoms with E-state index in [2.05, 4.69) is 10.4 Å². The zero-order valence-electron chi connectivity index (χ0n) is 11.7. The quantitative estimate of drug-likeness (QED) is 0.944. The second-order valence-electron chi connectivity index (χ2n) is 4.89. The van der Waals surface area contributed by atoms with Crippen LogP contribution in [0.2, 0.25) is 5.02 Å². The van der Waals surface area contributed by atoms with Crippen molar-refractivity contribution in [3.8, 4) is 11.3 Å². The SMILES string of the molecule is CCOCC1CNC(=O)c2cc(-c3ccc(Cl)cc3)nn21. The highest BCUT2D eigenvalue weighted by Gasteiger charge is 2.27. The Morgan fingerprint density at radius 3 is 2.90 bits per heavy atom. The number of ether oxygens (including phenoxy) is 1. The average Bonchev–Trinajstić information content (AvgIpc) is 2.93. The second-order valence-corrected chi connectivity index (χ2v) is 5.33. The van der Waals surface area contributed by atoms with Crippen LogP contribution in [-0.4, -0.2) is 35.4 Å². The predicted molar refractivity (Wildman–Crippen MR) is 80.5 cm³/mol. The zero-order valence-corrected chi connectivity index (χ0v) is 12.4. The summed E-state index contributed by atoms with van der Waals surface area (Å²) in [6.07, 6.45) is 0. The zero-order chi connectivity index (χ0) is 14.8. The summed E-state index contributed by atoms with van der Waals surface area (Å²) in [7, 11) is 0. The van der Waals surface area contributed by atoms with Crippen molar-refractivity contribution >= 4 is 17.5 Å². The number of benzene rings is 1. The van der Waals surface area contributed by atoms with E-state index < -0.39 is 0 Å². The van der Waals surface area contributed by atoms with E-state index in [0.717, 1.165) is 11.3 Å². The Labute approximate surface area is 127 Å². The summed E-state index contributed by atoms with van der Waals surface area (Å²) in [5, 5.41) is 8.11. The largest absolute Gasteiger partial charge is 0.379 e. The summed E-state index contributed by atoms with van der Waals surface area (Å²) in [4.78, 5) is 12.0. The highest BCUT2D eigenvalue weighted by atomic mass is 35.5. The van der Waals surface area contributed by atoms with Gasteiger partial charge in [0.1, 0.15) is 5.69 Å². The van der Waals surface area contributed by atoms with E-state index in [1.165, 1.54) is 0 Å². The van der Waals surface area contributed by atoms with Crippen LogP contribution in [0.5, 0.6) is 0 Å². The van der Waals surface area contributed by atoms with E-state index >= 15 is 0 Å². The first-order valence-corrected chi connectivity index (χ1v) is 7.28. The molecule has 1 aliphatic heterocycles. The number of nitrogens with zero attached hydrogens (tertiary/aromatic N) is 2. The van der Waals surface area contributed by atoms with Crippen molar-refractivity contribution in [1.82, 2.24) is 15.1 Å². The lowest BCUT2D eigenvalue weighted by Crippen LogP contribution is -2.41. The molecular formula is C15H16ClN3O2. The Balaban J connectivity index is 1.95. The molecular weight excluding hydrogens is 290 g/mol. The molecule has 0 radical (unpaired) electrons. The van der Waals surface area contributed by atoms with Gasteiger partial charge < -0.3 is 10.1 Å². The number of nitrogens with one attached hydrogen (secondary N) is 1. The standard InChI is InChI=1S/C15H16ClN3O2/c1-2-21-9-12-8-17-15(20)14-7-13(18-19(12)14)10-3-5-11(16)6-4-10/h3-7,12H,2,8-9H2,1H3,(H,17,20). The van der Waals surface area contributed by atoms with Crippen LogP contribution in [0.4, 0.5) is 0 Å². The number of rotatable bonds is 4. The van der Waals surface area contributed by atoms with E-state index in [0.29, 0.717) is 30.5 Å². The molecule has 0 saturated heterocycles. The van der Waals surface area contributed by atoms with Crippen molar-refractivity contribution < 1.29 is 9.53 Å². The average molecular weight is 306 g/mol. The van der Waals surface area contributed by atoms with Gasteiger partial charge in [-0.3, -0.25) is 9.48 Å². The van der Waals surface area contributed by atoms with Gasteiger partial charge in [-0.2, -0.15) is 5.10 Å². The number of aromatic nitrogens is 2. The van der Waals surface area contributed by atoms with Gasteiger partial charge in [0.05, 0.1) is 18.3 Å². The number of carbonyl (C=O) groups is 1. The molecule has 21 heavy (non-hydrogen) atoms. The van der Waals surface area contributed by atoms with Gasteiger partial charge in [-0.15, -0.1) is 0 Å². The van der Waals surface area contributed by atoms with Crippen molar-refractivity contribution in [2.24, 2.45) is 0 Å². The molecule has 1 amide bonds. The molecule has 0 spiro atoms. The number of fused-ring (bicyclic) bond motifs is 1. The minimum atomic E-state index is -0.101. The number of hydrogen-bond donors (Lipinski definition) is 1. The van der Waals surface area contributed by atoms with Gasteiger partial charge >= 0.3 is 0 Å². The lowest BCUT2D eigenvalue weighted by molar-refractivity contribution is 0.0804. The van der Waals surface area contributed by atoms with Crippen LogP contribution in [0.25, 0.3) is 11.3 Å². The summed E-state index contributed by atoms with van der Waals surface area (Å²) >= 11 is 5.90. The van der Waals surface area contributed by atoms with Crippen molar-refractivity contribution in [3.63, 3.8) is 0 Å². The molecule has 0 aliphatic carbocycles. The first kappa shape index (κ1) is 14.1. The van der Waals surface area contributed by atoms with E-state index in [-0.39, 0.29) is 11.9 Å². The Bertz CT molecular complexity index is 651. The normalized spacial score (nSPS) is 17.4. The fraction of sp³-hybridized carbons (Fsp3) is 0.333. The van der Waals surface area contributed by atoms with E-state index in [9.17, 15) is 4.79 Å². The smallest absolute Gasteiger partial charge is 0.269 e. The summed E-state index contributed by atoms with van der Waals surface area (Å²) in [6.45, 7) is 3.66. The fourth-order valence-electron chi connectivity index (χ4n) is 2.38. The van der Waals surface area contributed by atoms with Crippen LogP contribution in [0.3, 0.4) is 0 Å². The Morgan fingerprint density at radius 1 is 1.43 bits per heavy atom. The van der Waals surface area contributed by atoms with Crippen LogP contribution >= 0.6 is 11.6 Å². The van der Waals surface area contributed by atoms with Crippen molar-refractivity contribution in [2.45, 2.75) is 13.0 Å². The molecule has 1 atom stereocenters. The summed E-state index contributed by atoms with van der Waals surface area (Å²) < 4.78 is 7.23.